The molecule has 228 valence electrons. The molecule has 0 amide bonds. The highest BCUT2D eigenvalue weighted by molar-refractivity contribution is 7.26. The minimum atomic E-state index is 0.653. The molecular formula is C45H27N3S. The number of hydrogen-bond acceptors (Lipinski definition) is 4. The Morgan fingerprint density at radius 2 is 0.857 bits per heavy atom. The number of benzene rings is 8. The van der Waals surface area contributed by atoms with Crippen LogP contribution < -0.4 is 0 Å². The topological polar surface area (TPSA) is 38.7 Å². The minimum Gasteiger partial charge on any atom is -0.208 e. The molecule has 0 aliphatic heterocycles. The summed E-state index contributed by atoms with van der Waals surface area (Å²) in [7, 11) is 0. The molecule has 2 heterocycles. The van der Waals surface area contributed by atoms with Crippen molar-refractivity contribution in [2.75, 3.05) is 0 Å². The molecule has 0 unspecified atom stereocenters. The van der Waals surface area contributed by atoms with Crippen molar-refractivity contribution >= 4 is 63.8 Å². The van der Waals surface area contributed by atoms with Crippen LogP contribution in [-0.4, -0.2) is 15.0 Å². The maximum Gasteiger partial charge on any atom is 0.164 e. The summed E-state index contributed by atoms with van der Waals surface area (Å²) in [6.45, 7) is 0. The molecule has 10 rings (SSSR count). The van der Waals surface area contributed by atoms with E-state index < -0.39 is 0 Å². The van der Waals surface area contributed by atoms with E-state index in [0.717, 1.165) is 27.8 Å². The number of aromatic nitrogens is 3. The predicted octanol–water partition coefficient (Wildman–Crippen LogP) is 12.4. The Bertz CT molecular complexity index is 2820. The van der Waals surface area contributed by atoms with Crippen molar-refractivity contribution in [3.63, 3.8) is 0 Å². The van der Waals surface area contributed by atoms with Crippen molar-refractivity contribution in [2.24, 2.45) is 0 Å². The van der Waals surface area contributed by atoms with E-state index in [-0.39, 0.29) is 0 Å². The Hall–Kier alpha value is -6.23. The average molecular weight is 642 g/mol. The highest BCUT2D eigenvalue weighted by atomic mass is 32.1. The molecular weight excluding hydrogens is 615 g/mol. The van der Waals surface area contributed by atoms with Gasteiger partial charge in [0, 0.05) is 42.2 Å². The Kier molecular flexibility index (Phi) is 6.36. The normalized spacial score (nSPS) is 11.7. The van der Waals surface area contributed by atoms with Crippen LogP contribution in [0.2, 0.25) is 0 Å². The van der Waals surface area contributed by atoms with Crippen molar-refractivity contribution in [3.05, 3.63) is 164 Å². The summed E-state index contributed by atoms with van der Waals surface area (Å²) < 4.78 is 2.69. The van der Waals surface area contributed by atoms with Gasteiger partial charge in [0.25, 0.3) is 0 Å². The second-order valence-electron chi connectivity index (χ2n) is 12.4. The van der Waals surface area contributed by atoms with E-state index in [0.29, 0.717) is 17.5 Å². The monoisotopic (exact) mass is 641 g/mol. The van der Waals surface area contributed by atoms with E-state index in [1.54, 1.807) is 0 Å². The Morgan fingerprint density at radius 3 is 1.63 bits per heavy atom. The first-order chi connectivity index (χ1) is 24.3. The van der Waals surface area contributed by atoms with E-state index in [1.807, 2.05) is 72.0 Å². The number of rotatable bonds is 4. The third-order valence-electron chi connectivity index (χ3n) is 9.49. The third kappa shape index (κ3) is 4.68. The van der Waals surface area contributed by atoms with Gasteiger partial charge < -0.3 is 0 Å². The molecule has 0 radical (unpaired) electrons. The molecule has 0 N–H and O–H groups in total. The molecule has 4 heteroatoms. The van der Waals surface area contributed by atoms with Gasteiger partial charge in [-0.15, -0.1) is 11.3 Å². The number of hydrogen-bond donors (Lipinski definition) is 0. The Labute approximate surface area is 286 Å². The second kappa shape index (κ2) is 11.2. The molecule has 0 saturated carbocycles. The van der Waals surface area contributed by atoms with E-state index in [9.17, 15) is 0 Å². The molecule has 0 spiro atoms. The molecule has 2 aromatic heterocycles. The van der Waals surface area contributed by atoms with Gasteiger partial charge in [-0.3, -0.25) is 0 Å². The van der Waals surface area contributed by atoms with Gasteiger partial charge >= 0.3 is 0 Å². The van der Waals surface area contributed by atoms with Crippen LogP contribution in [0.5, 0.6) is 0 Å². The standard InChI is InChI=1S/C45H27N3S/c1-3-10-29(11-4-1)43-46-44(30-12-5-2-6-13-30)48-45(47-43)34-15-9-14-31(27-34)32-21-22-35-33(26-32)19-18-28-20-23-39-37(41(28)35)24-25-38-36-16-7-8-17-40(36)49-42(38)39/h1-27H. The first-order valence-electron chi connectivity index (χ1n) is 16.4. The van der Waals surface area contributed by atoms with Gasteiger partial charge in [-0.25, -0.2) is 15.0 Å². The van der Waals surface area contributed by atoms with Crippen LogP contribution in [0.3, 0.4) is 0 Å². The molecule has 0 atom stereocenters. The van der Waals surface area contributed by atoms with E-state index in [4.69, 9.17) is 15.0 Å². The summed E-state index contributed by atoms with van der Waals surface area (Å²) in [6, 6.07) is 58.0. The van der Waals surface area contributed by atoms with Crippen LogP contribution in [-0.2, 0) is 0 Å². The van der Waals surface area contributed by atoms with E-state index in [2.05, 4.69) is 103 Å². The second-order valence-corrected chi connectivity index (χ2v) is 13.5. The van der Waals surface area contributed by atoms with Gasteiger partial charge in [-0.05, 0) is 56.3 Å². The maximum absolute atomic E-state index is 4.96. The summed E-state index contributed by atoms with van der Waals surface area (Å²) in [5.74, 6) is 1.97. The fraction of sp³-hybridized carbons (Fsp3) is 0. The molecule has 0 fully saturated rings. The molecule has 3 nitrogen and oxygen atoms in total. The van der Waals surface area contributed by atoms with E-state index >= 15 is 0 Å². The first-order valence-corrected chi connectivity index (χ1v) is 17.3. The summed E-state index contributed by atoms with van der Waals surface area (Å²) in [5, 5.41) is 10.3. The zero-order valence-electron chi connectivity index (χ0n) is 26.3. The third-order valence-corrected chi connectivity index (χ3v) is 10.7. The van der Waals surface area contributed by atoms with E-state index in [1.165, 1.54) is 52.5 Å². The molecule has 0 aliphatic rings. The van der Waals surface area contributed by atoms with Crippen molar-refractivity contribution in [2.45, 2.75) is 0 Å². The molecule has 8 aromatic carbocycles. The zero-order chi connectivity index (χ0) is 32.3. The SMILES string of the molecule is c1ccc(-c2nc(-c3ccccc3)nc(-c3cccc(-c4ccc5c(ccc6ccc7c(ccc8c9ccccc9sc87)c65)c4)c3)n2)cc1. The van der Waals surface area contributed by atoms with Crippen LogP contribution in [0.4, 0.5) is 0 Å². The predicted molar refractivity (Wildman–Crippen MR) is 207 cm³/mol. The van der Waals surface area contributed by atoms with Crippen molar-refractivity contribution < 1.29 is 0 Å². The van der Waals surface area contributed by atoms with Gasteiger partial charge in [0.05, 0.1) is 0 Å². The minimum absolute atomic E-state index is 0.653. The fourth-order valence-electron chi connectivity index (χ4n) is 7.11. The van der Waals surface area contributed by atoms with Crippen LogP contribution in [0, 0.1) is 0 Å². The van der Waals surface area contributed by atoms with Gasteiger partial charge in [0.1, 0.15) is 0 Å². The first kappa shape index (κ1) is 27.8. The van der Waals surface area contributed by atoms with Crippen LogP contribution in [0.15, 0.2) is 164 Å². The molecule has 0 aliphatic carbocycles. The lowest BCUT2D eigenvalue weighted by Gasteiger charge is -2.12. The molecule has 49 heavy (non-hydrogen) atoms. The summed E-state index contributed by atoms with van der Waals surface area (Å²) in [5.41, 5.74) is 5.14. The number of thiophene rings is 1. The van der Waals surface area contributed by atoms with Gasteiger partial charge in [-0.2, -0.15) is 0 Å². The quantitative estimate of drug-likeness (QED) is 0.180. The Balaban J connectivity index is 1.10. The zero-order valence-corrected chi connectivity index (χ0v) is 27.2. The average Bonchev–Trinajstić information content (AvgIpc) is 3.57. The lowest BCUT2D eigenvalue weighted by Crippen LogP contribution is -2.00. The Morgan fingerprint density at radius 1 is 0.327 bits per heavy atom. The maximum atomic E-state index is 4.96. The van der Waals surface area contributed by atoms with Crippen molar-refractivity contribution in [1.29, 1.82) is 0 Å². The summed E-state index contributed by atoms with van der Waals surface area (Å²) in [4.78, 5) is 14.8. The van der Waals surface area contributed by atoms with Crippen molar-refractivity contribution in [3.8, 4) is 45.3 Å². The van der Waals surface area contributed by atoms with Crippen LogP contribution in [0.1, 0.15) is 0 Å². The van der Waals surface area contributed by atoms with Crippen LogP contribution in [0.25, 0.3) is 97.8 Å². The van der Waals surface area contributed by atoms with Gasteiger partial charge in [0.15, 0.2) is 17.5 Å². The fourth-order valence-corrected chi connectivity index (χ4v) is 8.34. The lowest BCUT2D eigenvalue weighted by molar-refractivity contribution is 1.07. The van der Waals surface area contributed by atoms with Crippen LogP contribution >= 0.6 is 11.3 Å². The van der Waals surface area contributed by atoms with Gasteiger partial charge in [0.2, 0.25) is 0 Å². The van der Waals surface area contributed by atoms with Crippen molar-refractivity contribution in [1.82, 2.24) is 15.0 Å². The highest BCUT2D eigenvalue weighted by Crippen LogP contribution is 2.42. The highest BCUT2D eigenvalue weighted by Gasteiger charge is 2.15. The molecule has 10 aromatic rings. The number of fused-ring (bicyclic) bond motifs is 9. The molecule has 0 bridgehead atoms. The molecule has 0 saturated heterocycles. The lowest BCUT2D eigenvalue weighted by atomic mass is 9.93. The summed E-state index contributed by atoms with van der Waals surface area (Å²) in [6.07, 6.45) is 0. The summed E-state index contributed by atoms with van der Waals surface area (Å²) >= 11 is 1.89. The van der Waals surface area contributed by atoms with Gasteiger partial charge in [-0.1, -0.05) is 146 Å². The smallest absolute Gasteiger partial charge is 0.164 e. The largest absolute Gasteiger partial charge is 0.208 e. The number of nitrogens with zero attached hydrogens (tertiary/aromatic N) is 3.